The van der Waals surface area contributed by atoms with Gasteiger partial charge in [0.1, 0.15) is 11.8 Å². The van der Waals surface area contributed by atoms with Crippen LogP contribution in [0.4, 0.5) is 0 Å². The largest absolute Gasteiger partial charge is 0.246 e. The Morgan fingerprint density at radius 2 is 2.45 bits per heavy atom. The monoisotopic (exact) mass is 144 g/mol. The first-order chi connectivity index (χ1) is 5.24. The fraction of sp³-hybridized carbons (Fsp3) is 0.111. The smallest absolute Gasteiger partial charge is 0.141 e. The van der Waals surface area contributed by atoms with Crippen LogP contribution in [0.25, 0.3) is 5.57 Å². The summed E-state index contributed by atoms with van der Waals surface area (Å²) >= 11 is 0. The van der Waals surface area contributed by atoms with Crippen LogP contribution in [-0.4, -0.2) is 4.98 Å². The lowest BCUT2D eigenvalue weighted by molar-refractivity contribution is 1.25. The van der Waals surface area contributed by atoms with Crippen LogP contribution in [-0.2, 0) is 0 Å². The molecular weight excluding hydrogens is 136 g/mol. The summed E-state index contributed by atoms with van der Waals surface area (Å²) in [5, 5.41) is 8.50. The number of rotatable bonds is 1. The van der Waals surface area contributed by atoms with Crippen molar-refractivity contribution in [1.82, 2.24) is 4.98 Å². The Bertz CT molecular complexity index is 321. The average molecular weight is 144 g/mol. The number of nitriles is 1. The van der Waals surface area contributed by atoms with Gasteiger partial charge in [0.05, 0.1) is 0 Å². The third-order valence-corrected chi connectivity index (χ3v) is 1.37. The second-order valence-corrected chi connectivity index (χ2v) is 2.32. The van der Waals surface area contributed by atoms with E-state index in [2.05, 4.69) is 11.6 Å². The van der Waals surface area contributed by atoms with Crippen LogP contribution in [0.1, 0.15) is 18.2 Å². The molecule has 0 aliphatic rings. The molecule has 0 saturated carbocycles. The molecule has 0 aromatic carbocycles. The van der Waals surface area contributed by atoms with E-state index in [0.29, 0.717) is 5.69 Å². The van der Waals surface area contributed by atoms with E-state index in [1.165, 1.54) is 0 Å². The molecule has 0 aliphatic heterocycles. The summed E-state index contributed by atoms with van der Waals surface area (Å²) in [6, 6.07) is 5.53. The molecule has 1 heterocycles. The lowest BCUT2D eigenvalue weighted by atomic mass is 10.1. The second-order valence-electron chi connectivity index (χ2n) is 2.32. The van der Waals surface area contributed by atoms with Crippen molar-refractivity contribution in [3.8, 4) is 6.07 Å². The molecule has 0 amide bonds. The van der Waals surface area contributed by atoms with Crippen LogP contribution < -0.4 is 0 Å². The zero-order chi connectivity index (χ0) is 8.27. The molecule has 54 valence electrons. The molecule has 11 heavy (non-hydrogen) atoms. The summed E-state index contributed by atoms with van der Waals surface area (Å²) < 4.78 is 0. The van der Waals surface area contributed by atoms with Gasteiger partial charge in [-0.15, -0.1) is 0 Å². The molecule has 0 spiro atoms. The maximum absolute atomic E-state index is 8.50. The number of hydrogen-bond acceptors (Lipinski definition) is 2. The second kappa shape index (κ2) is 2.98. The fourth-order valence-electron chi connectivity index (χ4n) is 0.757. The summed E-state index contributed by atoms with van der Waals surface area (Å²) in [5.74, 6) is 0. The van der Waals surface area contributed by atoms with Crippen molar-refractivity contribution in [2.24, 2.45) is 0 Å². The van der Waals surface area contributed by atoms with Crippen LogP contribution in [0.2, 0.25) is 0 Å². The van der Waals surface area contributed by atoms with Crippen LogP contribution in [0.5, 0.6) is 0 Å². The molecule has 1 rings (SSSR count). The van der Waals surface area contributed by atoms with Gasteiger partial charge in [-0.2, -0.15) is 5.26 Å². The van der Waals surface area contributed by atoms with Gasteiger partial charge in [-0.1, -0.05) is 12.2 Å². The molecule has 2 heteroatoms. The van der Waals surface area contributed by atoms with Crippen LogP contribution in [0, 0.1) is 11.3 Å². The molecule has 0 unspecified atom stereocenters. The maximum atomic E-state index is 8.50. The van der Waals surface area contributed by atoms with Crippen molar-refractivity contribution < 1.29 is 0 Å². The zero-order valence-corrected chi connectivity index (χ0v) is 6.33. The highest BCUT2D eigenvalue weighted by atomic mass is 14.7. The van der Waals surface area contributed by atoms with Gasteiger partial charge in [-0.25, -0.2) is 4.98 Å². The normalized spacial score (nSPS) is 8.73. The van der Waals surface area contributed by atoms with Crippen LogP contribution >= 0.6 is 0 Å². The van der Waals surface area contributed by atoms with Crippen molar-refractivity contribution in [1.29, 1.82) is 5.26 Å². The highest BCUT2D eigenvalue weighted by Gasteiger charge is 1.94. The maximum Gasteiger partial charge on any atom is 0.141 e. The van der Waals surface area contributed by atoms with E-state index in [0.717, 1.165) is 11.1 Å². The minimum absolute atomic E-state index is 0.436. The first-order valence-corrected chi connectivity index (χ1v) is 3.26. The van der Waals surface area contributed by atoms with E-state index in [1.807, 2.05) is 19.1 Å². The number of nitrogens with zero attached hydrogens (tertiary/aromatic N) is 2. The van der Waals surface area contributed by atoms with Gasteiger partial charge < -0.3 is 0 Å². The molecule has 1 aromatic rings. The molecule has 0 radical (unpaired) electrons. The molecular formula is C9H8N2. The predicted molar refractivity (Wildman–Crippen MR) is 43.7 cm³/mol. The average Bonchev–Trinajstić information content (AvgIpc) is 2.05. The van der Waals surface area contributed by atoms with Gasteiger partial charge in [-0.05, 0) is 24.6 Å². The number of aromatic nitrogens is 1. The van der Waals surface area contributed by atoms with E-state index in [9.17, 15) is 0 Å². The van der Waals surface area contributed by atoms with Gasteiger partial charge >= 0.3 is 0 Å². The molecule has 0 bridgehead atoms. The summed E-state index contributed by atoms with van der Waals surface area (Å²) in [4.78, 5) is 3.84. The Kier molecular flexibility index (Phi) is 2.03. The Morgan fingerprint density at radius 1 is 1.73 bits per heavy atom. The molecule has 2 nitrogen and oxygen atoms in total. The van der Waals surface area contributed by atoms with Crippen molar-refractivity contribution in [2.45, 2.75) is 6.92 Å². The van der Waals surface area contributed by atoms with Gasteiger partial charge in [-0.3, -0.25) is 0 Å². The quantitative estimate of drug-likeness (QED) is 0.604. The number of pyridine rings is 1. The number of allylic oxidation sites excluding steroid dienone is 1. The lowest BCUT2D eigenvalue weighted by Gasteiger charge is -1.96. The van der Waals surface area contributed by atoms with Gasteiger partial charge in [0.2, 0.25) is 0 Å². The molecule has 0 N–H and O–H groups in total. The molecule has 1 aromatic heterocycles. The fourth-order valence-corrected chi connectivity index (χ4v) is 0.757. The molecule has 0 fully saturated rings. The summed E-state index contributed by atoms with van der Waals surface area (Å²) in [5.41, 5.74) is 2.35. The first-order valence-electron chi connectivity index (χ1n) is 3.26. The van der Waals surface area contributed by atoms with Crippen molar-refractivity contribution in [3.63, 3.8) is 0 Å². The summed E-state index contributed by atoms with van der Waals surface area (Å²) in [6.07, 6.45) is 1.61. The first kappa shape index (κ1) is 7.49. The zero-order valence-electron chi connectivity index (χ0n) is 6.33. The Labute approximate surface area is 65.8 Å². The van der Waals surface area contributed by atoms with E-state index in [4.69, 9.17) is 5.26 Å². The van der Waals surface area contributed by atoms with Gasteiger partial charge in [0.25, 0.3) is 0 Å². The Morgan fingerprint density at radius 3 is 3.00 bits per heavy atom. The third-order valence-electron chi connectivity index (χ3n) is 1.37. The highest BCUT2D eigenvalue weighted by molar-refractivity contribution is 5.61. The third kappa shape index (κ3) is 1.65. The Hall–Kier alpha value is -1.62. The molecule has 0 aliphatic carbocycles. The lowest BCUT2D eigenvalue weighted by Crippen LogP contribution is -1.84. The van der Waals surface area contributed by atoms with Crippen molar-refractivity contribution in [3.05, 3.63) is 36.2 Å². The van der Waals surface area contributed by atoms with Crippen molar-refractivity contribution in [2.75, 3.05) is 0 Å². The van der Waals surface area contributed by atoms with Gasteiger partial charge in [0.15, 0.2) is 0 Å². The Balaban J connectivity index is 3.13. The van der Waals surface area contributed by atoms with Crippen LogP contribution in [0.3, 0.4) is 0 Å². The van der Waals surface area contributed by atoms with E-state index in [1.54, 1.807) is 12.3 Å². The standard InChI is InChI=1S/C9H8N2/c1-7(2)8-3-4-11-9(5-8)6-10/h3-5H,1H2,2H3. The summed E-state index contributed by atoms with van der Waals surface area (Å²) in [7, 11) is 0. The summed E-state index contributed by atoms with van der Waals surface area (Å²) in [6.45, 7) is 5.66. The molecule has 0 saturated heterocycles. The van der Waals surface area contributed by atoms with Crippen LogP contribution in [0.15, 0.2) is 24.9 Å². The predicted octanol–water partition coefficient (Wildman–Crippen LogP) is 1.99. The SMILES string of the molecule is C=C(C)c1ccnc(C#N)c1. The topological polar surface area (TPSA) is 36.7 Å². The van der Waals surface area contributed by atoms with E-state index < -0.39 is 0 Å². The van der Waals surface area contributed by atoms with E-state index >= 15 is 0 Å². The van der Waals surface area contributed by atoms with Crippen molar-refractivity contribution >= 4 is 5.57 Å². The molecule has 0 atom stereocenters. The van der Waals surface area contributed by atoms with Gasteiger partial charge in [0, 0.05) is 6.20 Å². The van der Waals surface area contributed by atoms with E-state index in [-0.39, 0.29) is 0 Å². The highest BCUT2D eigenvalue weighted by Crippen LogP contribution is 2.10. The minimum Gasteiger partial charge on any atom is -0.246 e. The minimum atomic E-state index is 0.436. The number of hydrogen-bond donors (Lipinski definition) is 0.